The molecular formula is C16H23NO3. The molecule has 1 fully saturated rings. The van der Waals surface area contributed by atoms with E-state index >= 15 is 0 Å². The van der Waals surface area contributed by atoms with E-state index < -0.39 is 5.97 Å². The minimum Gasteiger partial charge on any atom is -0.496 e. The van der Waals surface area contributed by atoms with E-state index in [-0.39, 0.29) is 6.42 Å². The molecule has 0 aliphatic carbocycles. The fraction of sp³-hybridized carbons (Fsp3) is 0.562. The van der Waals surface area contributed by atoms with Crippen molar-refractivity contribution in [2.75, 3.05) is 20.2 Å². The highest BCUT2D eigenvalue weighted by Gasteiger charge is 2.12. The summed E-state index contributed by atoms with van der Waals surface area (Å²) >= 11 is 0. The van der Waals surface area contributed by atoms with Crippen molar-refractivity contribution in [3.8, 4) is 5.75 Å². The van der Waals surface area contributed by atoms with Gasteiger partial charge >= 0.3 is 5.97 Å². The molecular weight excluding hydrogens is 254 g/mol. The molecule has 1 aliphatic rings. The van der Waals surface area contributed by atoms with Crippen LogP contribution in [0.2, 0.25) is 0 Å². The maximum absolute atomic E-state index is 10.9. The molecule has 0 bridgehead atoms. The average Bonchev–Trinajstić information content (AvgIpc) is 2.67. The van der Waals surface area contributed by atoms with Crippen LogP contribution < -0.4 is 4.74 Å². The molecule has 4 heteroatoms. The Morgan fingerprint density at radius 2 is 1.95 bits per heavy atom. The van der Waals surface area contributed by atoms with Gasteiger partial charge in [0.1, 0.15) is 5.75 Å². The van der Waals surface area contributed by atoms with Crippen molar-refractivity contribution in [2.45, 2.75) is 38.6 Å². The normalized spacial score (nSPS) is 16.6. The number of nitrogens with zero attached hydrogens (tertiary/aromatic N) is 1. The third kappa shape index (κ3) is 4.23. The van der Waals surface area contributed by atoms with E-state index in [1.165, 1.54) is 31.2 Å². The molecule has 0 unspecified atom stereocenters. The predicted molar refractivity (Wildman–Crippen MR) is 78.1 cm³/mol. The number of hydrogen-bond donors (Lipinski definition) is 1. The summed E-state index contributed by atoms with van der Waals surface area (Å²) in [5, 5.41) is 8.97. The Bertz CT molecular complexity index is 451. The molecule has 2 rings (SSSR count). The van der Waals surface area contributed by atoms with Crippen molar-refractivity contribution in [3.05, 3.63) is 29.3 Å². The first-order chi connectivity index (χ1) is 9.69. The van der Waals surface area contributed by atoms with Gasteiger partial charge in [0.2, 0.25) is 0 Å². The van der Waals surface area contributed by atoms with E-state index in [4.69, 9.17) is 9.84 Å². The largest absolute Gasteiger partial charge is 0.496 e. The lowest BCUT2D eigenvalue weighted by Gasteiger charge is -2.20. The molecule has 0 saturated carbocycles. The van der Waals surface area contributed by atoms with Gasteiger partial charge in [0.25, 0.3) is 0 Å². The molecule has 1 saturated heterocycles. The molecule has 4 nitrogen and oxygen atoms in total. The van der Waals surface area contributed by atoms with E-state index in [0.29, 0.717) is 5.75 Å². The SMILES string of the molecule is COc1ccc(CN2CCCCCC2)cc1CC(=O)O. The first-order valence-corrected chi connectivity index (χ1v) is 7.29. The van der Waals surface area contributed by atoms with Crippen LogP contribution in [0.1, 0.15) is 36.8 Å². The Morgan fingerprint density at radius 1 is 1.25 bits per heavy atom. The Kier molecular flexibility index (Phi) is 5.41. The molecule has 0 atom stereocenters. The van der Waals surface area contributed by atoms with Gasteiger partial charge in [-0.2, -0.15) is 0 Å². The smallest absolute Gasteiger partial charge is 0.307 e. The zero-order valence-corrected chi connectivity index (χ0v) is 12.1. The maximum Gasteiger partial charge on any atom is 0.307 e. The van der Waals surface area contributed by atoms with E-state index in [9.17, 15) is 4.79 Å². The van der Waals surface area contributed by atoms with Crippen molar-refractivity contribution in [1.29, 1.82) is 0 Å². The van der Waals surface area contributed by atoms with Crippen LogP contribution >= 0.6 is 0 Å². The van der Waals surface area contributed by atoms with Gasteiger partial charge in [0.15, 0.2) is 0 Å². The number of rotatable bonds is 5. The van der Waals surface area contributed by atoms with Gasteiger partial charge in [-0.3, -0.25) is 9.69 Å². The minimum absolute atomic E-state index is 0.0109. The number of carboxylic acids is 1. The Morgan fingerprint density at radius 3 is 2.55 bits per heavy atom. The van der Waals surface area contributed by atoms with Crippen LogP contribution in [-0.4, -0.2) is 36.2 Å². The highest BCUT2D eigenvalue weighted by molar-refractivity contribution is 5.71. The standard InChI is InChI=1S/C16H23NO3/c1-20-15-7-6-13(10-14(15)11-16(18)19)12-17-8-4-2-3-5-9-17/h6-7,10H,2-5,8-9,11-12H2,1H3,(H,18,19). The summed E-state index contributed by atoms with van der Waals surface area (Å²) in [6.45, 7) is 3.18. The van der Waals surface area contributed by atoms with Crippen molar-refractivity contribution in [3.63, 3.8) is 0 Å². The highest BCUT2D eigenvalue weighted by atomic mass is 16.5. The molecule has 110 valence electrons. The van der Waals surface area contributed by atoms with E-state index in [1.807, 2.05) is 18.2 Å². The average molecular weight is 277 g/mol. The Hall–Kier alpha value is -1.55. The molecule has 0 aromatic heterocycles. The van der Waals surface area contributed by atoms with Crippen LogP contribution in [0.25, 0.3) is 0 Å². The Balaban J connectivity index is 2.08. The van der Waals surface area contributed by atoms with Gasteiger partial charge in [-0.15, -0.1) is 0 Å². The number of benzene rings is 1. The van der Waals surface area contributed by atoms with E-state index in [2.05, 4.69) is 4.90 Å². The fourth-order valence-electron chi connectivity index (χ4n) is 2.78. The van der Waals surface area contributed by atoms with Gasteiger partial charge in [0, 0.05) is 12.1 Å². The second-order valence-electron chi connectivity index (χ2n) is 5.41. The summed E-state index contributed by atoms with van der Waals surface area (Å²) in [5.74, 6) is -0.165. The lowest BCUT2D eigenvalue weighted by Crippen LogP contribution is -2.24. The molecule has 1 N–H and O–H groups in total. The summed E-state index contributed by atoms with van der Waals surface area (Å²) in [6.07, 6.45) is 5.18. The number of carbonyl (C=O) groups is 1. The van der Waals surface area contributed by atoms with E-state index in [1.54, 1.807) is 7.11 Å². The quantitative estimate of drug-likeness (QED) is 0.899. The van der Waals surface area contributed by atoms with E-state index in [0.717, 1.165) is 25.2 Å². The molecule has 1 heterocycles. The summed E-state index contributed by atoms with van der Waals surface area (Å²) in [7, 11) is 1.58. The van der Waals surface area contributed by atoms with Gasteiger partial charge in [-0.1, -0.05) is 25.0 Å². The molecule has 20 heavy (non-hydrogen) atoms. The Labute approximate surface area is 120 Å². The molecule has 1 aromatic carbocycles. The third-order valence-corrected chi connectivity index (χ3v) is 3.79. The number of hydrogen-bond acceptors (Lipinski definition) is 3. The fourth-order valence-corrected chi connectivity index (χ4v) is 2.78. The second kappa shape index (κ2) is 7.29. The number of aliphatic carboxylic acids is 1. The van der Waals surface area contributed by atoms with Crippen molar-refractivity contribution < 1.29 is 14.6 Å². The van der Waals surface area contributed by atoms with Crippen LogP contribution in [0, 0.1) is 0 Å². The van der Waals surface area contributed by atoms with Gasteiger partial charge in [-0.25, -0.2) is 0 Å². The molecule has 0 spiro atoms. The maximum atomic E-state index is 10.9. The predicted octanol–water partition coefficient (Wildman–Crippen LogP) is 2.70. The lowest BCUT2D eigenvalue weighted by molar-refractivity contribution is -0.136. The first-order valence-electron chi connectivity index (χ1n) is 7.29. The topological polar surface area (TPSA) is 49.8 Å². The molecule has 1 aromatic rings. The molecule has 0 radical (unpaired) electrons. The second-order valence-corrected chi connectivity index (χ2v) is 5.41. The highest BCUT2D eigenvalue weighted by Crippen LogP contribution is 2.22. The minimum atomic E-state index is -0.824. The van der Waals surface area contributed by atoms with Crippen LogP contribution in [0.4, 0.5) is 0 Å². The summed E-state index contributed by atoms with van der Waals surface area (Å²) in [4.78, 5) is 13.4. The monoisotopic (exact) mass is 277 g/mol. The third-order valence-electron chi connectivity index (χ3n) is 3.79. The van der Waals surface area contributed by atoms with Gasteiger partial charge in [-0.05, 0) is 37.6 Å². The van der Waals surface area contributed by atoms with Crippen molar-refractivity contribution >= 4 is 5.97 Å². The van der Waals surface area contributed by atoms with Gasteiger partial charge in [0.05, 0.1) is 13.5 Å². The van der Waals surface area contributed by atoms with Crippen molar-refractivity contribution in [2.24, 2.45) is 0 Å². The molecule has 1 aliphatic heterocycles. The first kappa shape index (κ1) is 14.9. The lowest BCUT2D eigenvalue weighted by atomic mass is 10.1. The van der Waals surface area contributed by atoms with Crippen LogP contribution in [-0.2, 0) is 17.8 Å². The number of methoxy groups -OCH3 is 1. The summed E-state index contributed by atoms with van der Waals surface area (Å²) in [6, 6.07) is 5.89. The zero-order chi connectivity index (χ0) is 14.4. The van der Waals surface area contributed by atoms with Crippen LogP contribution in [0.15, 0.2) is 18.2 Å². The van der Waals surface area contributed by atoms with Crippen LogP contribution in [0.5, 0.6) is 5.75 Å². The van der Waals surface area contributed by atoms with Crippen molar-refractivity contribution in [1.82, 2.24) is 4.90 Å². The number of ether oxygens (including phenoxy) is 1. The zero-order valence-electron chi connectivity index (χ0n) is 12.1. The molecule has 0 amide bonds. The van der Waals surface area contributed by atoms with Crippen LogP contribution in [0.3, 0.4) is 0 Å². The number of likely N-dealkylation sites (tertiary alicyclic amines) is 1. The summed E-state index contributed by atoms with van der Waals surface area (Å²) in [5.41, 5.74) is 1.93. The summed E-state index contributed by atoms with van der Waals surface area (Å²) < 4.78 is 5.23. The number of carboxylic acid groups (broad SMARTS) is 1. The van der Waals surface area contributed by atoms with Gasteiger partial charge < -0.3 is 9.84 Å².